The molecule has 1 amide bonds. The summed E-state index contributed by atoms with van der Waals surface area (Å²) in [7, 11) is 0. The van der Waals surface area contributed by atoms with Gasteiger partial charge in [-0.05, 0) is 47.4 Å². The van der Waals surface area contributed by atoms with E-state index in [1.807, 2.05) is 41.8 Å². The Labute approximate surface area is 188 Å². The highest BCUT2D eigenvalue weighted by atomic mass is 32.1. The van der Waals surface area contributed by atoms with Crippen LogP contribution in [0.1, 0.15) is 55.3 Å². The Hall–Kier alpha value is -2.48. The number of unbranched alkanes of at least 4 members (excludes halogenated alkanes) is 1. The molecule has 0 aliphatic carbocycles. The van der Waals surface area contributed by atoms with Crippen LogP contribution in [0.15, 0.2) is 53.9 Å². The number of allylic oxidation sites excluding steroid dienone is 1. The van der Waals surface area contributed by atoms with Gasteiger partial charge in [0.2, 0.25) is 0 Å². The Morgan fingerprint density at radius 1 is 1.16 bits per heavy atom. The molecule has 0 bridgehead atoms. The van der Waals surface area contributed by atoms with E-state index in [0.717, 1.165) is 12.1 Å². The zero-order valence-corrected chi connectivity index (χ0v) is 19.3. The molecular formula is C24H32N2O4S. The van der Waals surface area contributed by atoms with Gasteiger partial charge in [0.25, 0.3) is 5.91 Å². The molecule has 0 aliphatic rings. The Balaban J connectivity index is 1.94. The van der Waals surface area contributed by atoms with Crippen LogP contribution in [0.2, 0.25) is 0 Å². The summed E-state index contributed by atoms with van der Waals surface area (Å²) in [5, 5.41) is 12.1. The van der Waals surface area contributed by atoms with Crippen molar-refractivity contribution in [2.45, 2.75) is 45.4 Å². The molecule has 2 N–H and O–H groups in total. The molecule has 1 aromatic heterocycles. The summed E-state index contributed by atoms with van der Waals surface area (Å²) in [6.07, 6.45) is 5.64. The number of carbonyl (C=O) groups excluding carboxylic acids is 2. The molecule has 7 heteroatoms. The third-order valence-corrected chi connectivity index (χ3v) is 5.42. The SMILES string of the molecule is CC(C)(C)c1ccc(N(NC/C=C/CCCC(=O)OCCO)C(=O)c2cccs2)cc1. The normalized spacial score (nSPS) is 11.6. The third kappa shape index (κ3) is 8.28. The summed E-state index contributed by atoms with van der Waals surface area (Å²) in [6, 6.07) is 11.7. The molecule has 6 nitrogen and oxygen atoms in total. The number of rotatable bonds is 11. The van der Waals surface area contributed by atoms with Crippen molar-refractivity contribution in [1.29, 1.82) is 0 Å². The van der Waals surface area contributed by atoms with Crippen molar-refractivity contribution >= 4 is 28.9 Å². The first kappa shape index (κ1) is 24.8. The van der Waals surface area contributed by atoms with Gasteiger partial charge in [-0.2, -0.15) is 0 Å². The van der Waals surface area contributed by atoms with Crippen molar-refractivity contribution in [2.75, 3.05) is 24.8 Å². The van der Waals surface area contributed by atoms with E-state index >= 15 is 0 Å². The van der Waals surface area contributed by atoms with Crippen molar-refractivity contribution in [3.05, 3.63) is 64.4 Å². The molecule has 1 heterocycles. The van der Waals surface area contributed by atoms with Gasteiger partial charge in [-0.25, -0.2) is 10.4 Å². The van der Waals surface area contributed by atoms with Crippen LogP contribution in [0.3, 0.4) is 0 Å². The van der Waals surface area contributed by atoms with Crippen LogP contribution in [-0.2, 0) is 14.9 Å². The molecule has 0 fully saturated rings. The smallest absolute Gasteiger partial charge is 0.305 e. The second-order valence-electron chi connectivity index (χ2n) is 8.08. The van der Waals surface area contributed by atoms with E-state index in [9.17, 15) is 9.59 Å². The fourth-order valence-corrected chi connectivity index (χ4v) is 3.50. The zero-order valence-electron chi connectivity index (χ0n) is 18.5. The van der Waals surface area contributed by atoms with Gasteiger partial charge in [0, 0.05) is 13.0 Å². The van der Waals surface area contributed by atoms with E-state index in [1.165, 1.54) is 16.9 Å². The topological polar surface area (TPSA) is 78.9 Å². The second kappa shape index (κ2) is 12.4. The Bertz CT molecular complexity index is 839. The minimum atomic E-state index is -0.299. The average molecular weight is 445 g/mol. The summed E-state index contributed by atoms with van der Waals surface area (Å²) >= 11 is 1.41. The number of nitrogens with one attached hydrogen (secondary N) is 1. The number of nitrogens with zero attached hydrogens (tertiary/aromatic N) is 1. The highest BCUT2D eigenvalue weighted by Crippen LogP contribution is 2.25. The van der Waals surface area contributed by atoms with Crippen LogP contribution < -0.4 is 10.4 Å². The molecule has 1 aromatic carbocycles. The number of amides is 1. The molecule has 0 spiro atoms. The molecule has 0 radical (unpaired) electrons. The van der Waals surface area contributed by atoms with Gasteiger partial charge >= 0.3 is 5.97 Å². The Kier molecular flexibility index (Phi) is 9.91. The molecule has 0 aliphatic heterocycles. The number of aliphatic hydroxyl groups is 1. The number of carbonyl (C=O) groups is 2. The quantitative estimate of drug-likeness (QED) is 0.232. The molecule has 0 unspecified atom stereocenters. The Morgan fingerprint density at radius 2 is 1.90 bits per heavy atom. The van der Waals surface area contributed by atoms with E-state index in [0.29, 0.717) is 24.3 Å². The highest BCUT2D eigenvalue weighted by Gasteiger charge is 2.19. The third-order valence-electron chi connectivity index (χ3n) is 4.57. The monoisotopic (exact) mass is 444 g/mol. The molecule has 2 aromatic rings. The van der Waals surface area contributed by atoms with Crippen molar-refractivity contribution in [3.8, 4) is 0 Å². The fraction of sp³-hybridized carbons (Fsp3) is 0.417. The van der Waals surface area contributed by atoms with E-state index in [-0.39, 0.29) is 30.5 Å². The van der Waals surface area contributed by atoms with Gasteiger partial charge in [-0.15, -0.1) is 11.3 Å². The van der Waals surface area contributed by atoms with Gasteiger partial charge in [0.05, 0.1) is 17.2 Å². The maximum Gasteiger partial charge on any atom is 0.305 e. The second-order valence-corrected chi connectivity index (χ2v) is 9.03. The summed E-state index contributed by atoms with van der Waals surface area (Å²) in [6.45, 7) is 6.84. The van der Waals surface area contributed by atoms with Crippen molar-refractivity contribution in [1.82, 2.24) is 5.43 Å². The van der Waals surface area contributed by atoms with Gasteiger partial charge in [-0.1, -0.05) is 51.1 Å². The standard InChI is InChI=1S/C24H32N2O4S/c1-24(2,3)19-11-13-20(14-12-19)26(23(29)21-9-8-18-31-21)25-15-7-5-4-6-10-22(28)30-17-16-27/h5,7-9,11-14,18,25,27H,4,6,10,15-17H2,1-3H3/b7-5+. The van der Waals surface area contributed by atoms with Gasteiger partial charge in [0.15, 0.2) is 0 Å². The summed E-state index contributed by atoms with van der Waals surface area (Å²) < 4.78 is 4.82. The van der Waals surface area contributed by atoms with Crippen molar-refractivity contribution < 1.29 is 19.4 Å². The average Bonchev–Trinajstić information content (AvgIpc) is 3.28. The first-order valence-corrected chi connectivity index (χ1v) is 11.3. The van der Waals surface area contributed by atoms with Crippen molar-refractivity contribution in [3.63, 3.8) is 0 Å². The minimum Gasteiger partial charge on any atom is -0.463 e. The number of thiophene rings is 1. The number of benzene rings is 1. The van der Waals surface area contributed by atoms with E-state index < -0.39 is 0 Å². The molecule has 31 heavy (non-hydrogen) atoms. The van der Waals surface area contributed by atoms with Crippen LogP contribution in [0, 0.1) is 0 Å². The van der Waals surface area contributed by atoms with Crippen LogP contribution in [0.25, 0.3) is 0 Å². The van der Waals surface area contributed by atoms with Gasteiger partial charge < -0.3 is 9.84 Å². The molecule has 2 rings (SSSR count). The number of anilines is 1. The number of esters is 1. The summed E-state index contributed by atoms with van der Waals surface area (Å²) in [5.41, 5.74) is 5.23. The lowest BCUT2D eigenvalue weighted by atomic mass is 9.87. The van der Waals surface area contributed by atoms with E-state index in [4.69, 9.17) is 9.84 Å². The number of ether oxygens (including phenoxy) is 1. The number of aliphatic hydroxyl groups excluding tert-OH is 1. The van der Waals surface area contributed by atoms with Crippen LogP contribution >= 0.6 is 11.3 Å². The van der Waals surface area contributed by atoms with Crippen LogP contribution in [0.5, 0.6) is 0 Å². The maximum absolute atomic E-state index is 13.0. The molecular weight excluding hydrogens is 412 g/mol. The van der Waals surface area contributed by atoms with Crippen LogP contribution in [0.4, 0.5) is 5.69 Å². The van der Waals surface area contributed by atoms with E-state index in [1.54, 1.807) is 5.01 Å². The van der Waals surface area contributed by atoms with Crippen molar-refractivity contribution in [2.24, 2.45) is 0 Å². The Morgan fingerprint density at radius 3 is 2.52 bits per heavy atom. The number of hydrogen-bond donors (Lipinski definition) is 2. The predicted octanol–water partition coefficient (Wildman–Crippen LogP) is 4.46. The lowest BCUT2D eigenvalue weighted by Crippen LogP contribution is -2.43. The molecule has 0 saturated carbocycles. The number of hydrogen-bond acceptors (Lipinski definition) is 6. The number of hydrazine groups is 1. The first-order chi connectivity index (χ1) is 14.8. The minimum absolute atomic E-state index is 0.0435. The molecule has 0 saturated heterocycles. The first-order valence-electron chi connectivity index (χ1n) is 10.5. The fourth-order valence-electron chi connectivity index (χ4n) is 2.84. The predicted molar refractivity (Wildman–Crippen MR) is 125 cm³/mol. The van der Waals surface area contributed by atoms with Crippen LogP contribution in [-0.4, -0.2) is 36.7 Å². The largest absolute Gasteiger partial charge is 0.463 e. The molecule has 168 valence electrons. The lowest BCUT2D eigenvalue weighted by molar-refractivity contribution is -0.144. The van der Waals surface area contributed by atoms with Gasteiger partial charge in [0.1, 0.15) is 6.61 Å². The van der Waals surface area contributed by atoms with E-state index in [2.05, 4.69) is 38.3 Å². The highest BCUT2D eigenvalue weighted by molar-refractivity contribution is 7.12. The zero-order chi connectivity index (χ0) is 22.7. The summed E-state index contributed by atoms with van der Waals surface area (Å²) in [4.78, 5) is 25.1. The summed E-state index contributed by atoms with van der Waals surface area (Å²) in [5.74, 6) is -0.398. The molecule has 0 atom stereocenters. The lowest BCUT2D eigenvalue weighted by Gasteiger charge is -2.24. The van der Waals surface area contributed by atoms with Gasteiger partial charge in [-0.3, -0.25) is 9.59 Å². The maximum atomic E-state index is 13.0.